The first-order chi connectivity index (χ1) is 25.3. The van der Waals surface area contributed by atoms with E-state index in [2.05, 4.69) is 140 Å². The molecule has 0 N–H and O–H groups in total. The smallest absolute Gasteiger partial charge is 0.162 e. The Morgan fingerprint density at radius 1 is 0.392 bits per heavy atom. The molecule has 0 atom stereocenters. The average Bonchev–Trinajstić information content (AvgIpc) is 3.62. The van der Waals surface area contributed by atoms with Crippen molar-refractivity contribution >= 4 is 43.7 Å². The lowest BCUT2D eigenvalue weighted by molar-refractivity contribution is 0.632. The lowest BCUT2D eigenvalue weighted by atomic mass is 9.95. The zero-order chi connectivity index (χ0) is 33.7. The van der Waals surface area contributed by atoms with Crippen LogP contribution < -0.4 is 0 Å². The number of aromatic nitrogens is 3. The van der Waals surface area contributed by atoms with E-state index in [0.717, 1.165) is 99.9 Å². The molecule has 0 bridgehead atoms. The zero-order valence-electron chi connectivity index (χ0n) is 27.5. The van der Waals surface area contributed by atoms with Crippen molar-refractivity contribution in [1.29, 1.82) is 0 Å². The van der Waals surface area contributed by atoms with Gasteiger partial charge in [0, 0.05) is 49.4 Å². The Morgan fingerprint density at radius 3 is 1.61 bits per heavy atom. The third-order valence-corrected chi connectivity index (χ3v) is 9.65. The van der Waals surface area contributed by atoms with Crippen molar-refractivity contribution in [2.75, 3.05) is 0 Å². The number of hydrogen-bond donors (Lipinski definition) is 0. The van der Waals surface area contributed by atoms with Crippen molar-refractivity contribution in [3.63, 3.8) is 0 Å². The van der Waals surface area contributed by atoms with Gasteiger partial charge in [-0.1, -0.05) is 152 Å². The van der Waals surface area contributed by atoms with Crippen LogP contribution in [-0.4, -0.2) is 15.0 Å². The third kappa shape index (κ3) is 4.96. The molecule has 238 valence electrons. The second kappa shape index (κ2) is 11.9. The Labute approximate surface area is 294 Å². The summed E-state index contributed by atoms with van der Waals surface area (Å²) >= 11 is 0. The summed E-state index contributed by atoms with van der Waals surface area (Å²) in [5.41, 5.74) is 12.3. The highest BCUT2D eigenvalue weighted by Gasteiger charge is 2.24. The maximum absolute atomic E-state index is 6.95. The molecule has 51 heavy (non-hydrogen) atoms. The first-order valence-corrected chi connectivity index (χ1v) is 17.1. The summed E-state index contributed by atoms with van der Waals surface area (Å²) in [5, 5.41) is 4.23. The molecule has 0 aliphatic heterocycles. The van der Waals surface area contributed by atoms with E-state index in [9.17, 15) is 0 Å². The molecule has 0 aliphatic carbocycles. The van der Waals surface area contributed by atoms with Gasteiger partial charge in [0.05, 0.1) is 27.9 Å². The summed E-state index contributed by atoms with van der Waals surface area (Å²) in [6.45, 7) is 0. The van der Waals surface area contributed by atoms with Gasteiger partial charge in [-0.2, -0.15) is 0 Å². The highest BCUT2D eigenvalue weighted by atomic mass is 16.3. The molecular weight excluding hydrogens is 623 g/mol. The molecule has 4 heteroatoms. The molecule has 10 aromatic rings. The van der Waals surface area contributed by atoms with E-state index < -0.39 is 0 Å². The number of rotatable bonds is 5. The van der Waals surface area contributed by atoms with Crippen LogP contribution in [0.5, 0.6) is 0 Å². The van der Waals surface area contributed by atoms with E-state index >= 15 is 0 Å². The fourth-order valence-corrected chi connectivity index (χ4v) is 7.20. The summed E-state index contributed by atoms with van der Waals surface area (Å²) < 4.78 is 6.95. The van der Waals surface area contributed by atoms with Gasteiger partial charge in [-0.05, 0) is 29.8 Å². The second-order valence-electron chi connectivity index (χ2n) is 12.8. The lowest BCUT2D eigenvalue weighted by Gasteiger charge is -2.10. The first kappa shape index (κ1) is 29.0. The van der Waals surface area contributed by atoms with Crippen LogP contribution in [0.3, 0.4) is 0 Å². The quantitative estimate of drug-likeness (QED) is 0.174. The minimum absolute atomic E-state index is 0.763. The van der Waals surface area contributed by atoms with E-state index in [1.807, 2.05) is 36.4 Å². The van der Waals surface area contributed by atoms with Crippen LogP contribution in [0.4, 0.5) is 0 Å². The minimum Gasteiger partial charge on any atom is -0.453 e. The normalized spacial score (nSPS) is 11.5. The van der Waals surface area contributed by atoms with Crippen LogP contribution in [0, 0.1) is 0 Å². The molecule has 0 amide bonds. The fourth-order valence-electron chi connectivity index (χ4n) is 7.20. The van der Waals surface area contributed by atoms with Gasteiger partial charge in [0.2, 0.25) is 0 Å². The van der Waals surface area contributed by atoms with Crippen molar-refractivity contribution in [3.8, 4) is 56.2 Å². The largest absolute Gasteiger partial charge is 0.453 e. The van der Waals surface area contributed by atoms with Crippen LogP contribution in [0.1, 0.15) is 0 Å². The van der Waals surface area contributed by atoms with Crippen LogP contribution in [0.2, 0.25) is 0 Å². The molecule has 0 fully saturated rings. The Hall–Kier alpha value is -6.91. The van der Waals surface area contributed by atoms with Crippen molar-refractivity contribution in [1.82, 2.24) is 15.0 Å². The Morgan fingerprint density at radius 2 is 0.922 bits per heavy atom. The lowest BCUT2D eigenvalue weighted by Crippen LogP contribution is -1.92. The van der Waals surface area contributed by atoms with E-state index in [0.29, 0.717) is 0 Å². The molecule has 0 radical (unpaired) electrons. The van der Waals surface area contributed by atoms with E-state index in [-0.39, 0.29) is 0 Å². The molecule has 6 aromatic carbocycles. The van der Waals surface area contributed by atoms with Gasteiger partial charge in [-0.25, -0.2) is 15.0 Å². The number of para-hydroxylation sites is 1. The third-order valence-electron chi connectivity index (χ3n) is 9.65. The SMILES string of the molecule is c1ccc(-c2ccc3ccc4ccc(-c5cccc(-c6nc7ccccc7c7c(-c8ccccc8)c(-c8ccccc8)oc67)c5)nc4c3n2)cc1. The topological polar surface area (TPSA) is 51.8 Å². The summed E-state index contributed by atoms with van der Waals surface area (Å²) in [5.74, 6) is 0.831. The molecule has 4 aromatic heterocycles. The summed E-state index contributed by atoms with van der Waals surface area (Å²) in [6, 6.07) is 60.6. The van der Waals surface area contributed by atoms with Crippen molar-refractivity contribution in [2.45, 2.75) is 0 Å². The van der Waals surface area contributed by atoms with Gasteiger partial charge in [0.15, 0.2) is 5.58 Å². The van der Waals surface area contributed by atoms with Crippen LogP contribution in [-0.2, 0) is 0 Å². The summed E-state index contributed by atoms with van der Waals surface area (Å²) in [7, 11) is 0. The van der Waals surface area contributed by atoms with Gasteiger partial charge in [-0.15, -0.1) is 0 Å². The highest BCUT2D eigenvalue weighted by molar-refractivity contribution is 6.18. The van der Waals surface area contributed by atoms with Gasteiger partial charge in [0.1, 0.15) is 11.5 Å². The Balaban J connectivity index is 1.18. The predicted molar refractivity (Wildman–Crippen MR) is 209 cm³/mol. The number of nitrogens with zero attached hydrogens (tertiary/aromatic N) is 3. The van der Waals surface area contributed by atoms with Gasteiger partial charge in [0.25, 0.3) is 0 Å². The van der Waals surface area contributed by atoms with Gasteiger partial charge in [-0.3, -0.25) is 0 Å². The Kier molecular flexibility index (Phi) is 6.78. The minimum atomic E-state index is 0.763. The standard InChI is InChI=1S/C47H29N3O/c1-4-13-30(14-5-1)38-27-25-32-23-24-33-26-28-39(49-44(33)43(32)48-38)35-19-12-20-36(29-35)45-47-42(37-21-10-11-22-40(37)50-45)41(31-15-6-2-7-16-31)46(51-47)34-17-8-3-9-18-34/h1-29H. The summed E-state index contributed by atoms with van der Waals surface area (Å²) in [4.78, 5) is 15.6. The van der Waals surface area contributed by atoms with Gasteiger partial charge < -0.3 is 4.42 Å². The predicted octanol–water partition coefficient (Wildman–Crippen LogP) is 12.4. The highest BCUT2D eigenvalue weighted by Crippen LogP contribution is 2.46. The average molecular weight is 652 g/mol. The number of pyridine rings is 3. The maximum atomic E-state index is 6.95. The first-order valence-electron chi connectivity index (χ1n) is 17.1. The van der Waals surface area contributed by atoms with E-state index in [1.54, 1.807) is 0 Å². The molecular formula is C47H29N3O. The molecule has 10 rings (SSSR count). The van der Waals surface area contributed by atoms with Gasteiger partial charge >= 0.3 is 0 Å². The molecule has 0 saturated carbocycles. The Bertz CT molecular complexity index is 2900. The van der Waals surface area contributed by atoms with Crippen LogP contribution >= 0.6 is 0 Å². The molecule has 0 unspecified atom stereocenters. The molecule has 0 spiro atoms. The number of furan rings is 1. The number of benzene rings is 6. The summed E-state index contributed by atoms with van der Waals surface area (Å²) in [6.07, 6.45) is 0. The molecule has 0 saturated heterocycles. The fraction of sp³-hybridized carbons (Fsp3) is 0. The molecule has 0 aliphatic rings. The number of hydrogen-bond acceptors (Lipinski definition) is 4. The van der Waals surface area contributed by atoms with Crippen LogP contribution in [0.25, 0.3) is 99.9 Å². The second-order valence-corrected chi connectivity index (χ2v) is 12.8. The maximum Gasteiger partial charge on any atom is 0.162 e. The monoisotopic (exact) mass is 651 g/mol. The molecule has 4 heterocycles. The van der Waals surface area contributed by atoms with E-state index in [4.69, 9.17) is 19.4 Å². The van der Waals surface area contributed by atoms with Crippen molar-refractivity contribution in [3.05, 3.63) is 176 Å². The van der Waals surface area contributed by atoms with E-state index in [1.165, 1.54) is 0 Å². The number of fused-ring (bicyclic) bond motifs is 6. The molecule has 4 nitrogen and oxygen atoms in total. The van der Waals surface area contributed by atoms with Crippen LogP contribution in [0.15, 0.2) is 180 Å². The van der Waals surface area contributed by atoms with Crippen molar-refractivity contribution in [2.24, 2.45) is 0 Å². The van der Waals surface area contributed by atoms with Crippen molar-refractivity contribution < 1.29 is 4.42 Å². The zero-order valence-corrected chi connectivity index (χ0v) is 27.5.